The van der Waals surface area contributed by atoms with Crippen molar-refractivity contribution in [3.63, 3.8) is 0 Å². The Morgan fingerprint density at radius 2 is 0.511 bits per heavy atom. The van der Waals surface area contributed by atoms with Gasteiger partial charge in [0.25, 0.3) is 0 Å². The van der Waals surface area contributed by atoms with Crippen molar-refractivity contribution in [1.29, 1.82) is 0 Å². The zero-order chi connectivity index (χ0) is 101. The van der Waals surface area contributed by atoms with E-state index in [-0.39, 0.29) is 44.6 Å². The third kappa shape index (κ3) is 25.0. The van der Waals surface area contributed by atoms with E-state index in [4.69, 9.17) is 42.6 Å². The Balaban J connectivity index is 0.000000210. The molecule has 135 heavy (non-hydrogen) atoms. The lowest BCUT2D eigenvalue weighted by Crippen LogP contribution is -2.61. The maximum atomic E-state index is 14.2. The molecule has 0 amide bonds. The minimum atomic E-state index is -6.04. The number of benzene rings is 9. The van der Waals surface area contributed by atoms with Crippen molar-refractivity contribution in [3.05, 3.63) is 252 Å². The lowest BCUT2D eigenvalue weighted by atomic mass is 9.87. The lowest BCUT2D eigenvalue weighted by molar-refractivity contribution is -0.387. The molecule has 3 fully saturated rings. The standard InChI is InChI=1S/C32H32F8O6S2.C32H38F2O6S2.C31H32F6O6S2/c1-20(31(37,38)48(41,42)43)46-23-7-6-8-26(17-23)47(24-13-9-21(10-14-24)27(2,3)4)25-15-11-22(12-16-25)28(5)44-18-29(33,34)32(39,40)30(35,36)19-45-28;1-23(32(33,34)42(35,36)37)40-26-10-9-11-29(22-26)41(27-16-12-24(13-17-27)30(2,3)4)28-18-14-25(15-19-28)31(5)38-20-7-6-8-21-39-31;1-20(31(36,37)45(38,39)40)43-23-7-6-8-26(17-23)44(24-13-9-21(10-14-24)27(2,3)4)25-15-11-22(12-16-25)28(5)41-18-29(32,33)30(34,35)19-42-28/h6-17,20H,18-19H2,1-5H3;9-19,22-23H,6-8,20-21H2,1-5H3;6-17,20H,18-19H2,1-5H3. The van der Waals surface area contributed by atoms with E-state index in [0.717, 1.165) is 83.2 Å². The van der Waals surface area contributed by atoms with Crippen molar-refractivity contribution in [1.82, 2.24) is 0 Å². The van der Waals surface area contributed by atoms with Crippen LogP contribution in [0.4, 0.5) is 70.2 Å². The smallest absolute Gasteiger partial charge is 0.376 e. The first-order chi connectivity index (χ1) is 62.0. The molecular weight excluding hydrogens is 1930 g/mol. The van der Waals surface area contributed by atoms with E-state index in [1.807, 2.05) is 127 Å². The molecule has 0 spiro atoms. The Hall–Kier alpha value is -8.20. The van der Waals surface area contributed by atoms with E-state index in [9.17, 15) is 109 Å². The topological polar surface area (TPSA) is 255 Å². The van der Waals surface area contributed by atoms with E-state index in [1.165, 1.54) is 91.3 Å². The number of ether oxygens (including phenoxy) is 9. The van der Waals surface area contributed by atoms with Gasteiger partial charge in [-0.3, -0.25) is 0 Å². The summed E-state index contributed by atoms with van der Waals surface area (Å²) < 4.78 is 373. The van der Waals surface area contributed by atoms with E-state index in [1.54, 1.807) is 36.4 Å². The maximum Gasteiger partial charge on any atom is 0.376 e. The molecule has 40 heteroatoms. The molecule has 3 saturated heterocycles. The Bertz CT molecular complexity index is 5860. The van der Waals surface area contributed by atoms with Crippen LogP contribution in [0.15, 0.2) is 262 Å². The zero-order valence-corrected chi connectivity index (χ0v) is 80.6. The fraction of sp³-hybridized carbons (Fsp3) is 0.432. The monoisotopic (exact) mass is 2030 g/mol. The van der Waals surface area contributed by atoms with Crippen LogP contribution in [0.25, 0.3) is 0 Å². The first-order valence-corrected chi connectivity index (χ1v) is 49.8. The second kappa shape index (κ2) is 40.6. The summed E-state index contributed by atoms with van der Waals surface area (Å²) in [6.07, 6.45) is -3.78. The Morgan fingerprint density at radius 3 is 0.726 bits per heavy atom. The van der Waals surface area contributed by atoms with Crippen LogP contribution in [0.3, 0.4) is 0 Å². The zero-order valence-electron chi connectivity index (χ0n) is 75.7. The summed E-state index contributed by atoms with van der Waals surface area (Å²) in [7, 11) is -20.6. The van der Waals surface area contributed by atoms with Gasteiger partial charge in [-0.2, -0.15) is 70.2 Å². The van der Waals surface area contributed by atoms with E-state index in [0.29, 0.717) is 37.7 Å². The van der Waals surface area contributed by atoms with Gasteiger partial charge in [-0.05, 0) is 239 Å². The molecule has 9 aromatic rings. The Labute approximate surface area is 783 Å². The number of halogens is 16. The third-order valence-electron chi connectivity index (χ3n) is 22.3. The van der Waals surface area contributed by atoms with Crippen LogP contribution >= 0.6 is 0 Å². The average Bonchev–Trinajstić information content (AvgIpc) is 1.02. The lowest BCUT2D eigenvalue weighted by Gasteiger charge is -2.40. The van der Waals surface area contributed by atoms with Gasteiger partial charge in [0, 0.05) is 34.9 Å². The second-order valence-electron chi connectivity index (χ2n) is 35.7. The third-order valence-corrected chi connectivity index (χ3v) is 31.9. The summed E-state index contributed by atoms with van der Waals surface area (Å²) in [6, 6.07) is 61.8. The number of alkyl halides is 16. The highest BCUT2D eigenvalue weighted by atomic mass is 32.2. The van der Waals surface area contributed by atoms with Crippen molar-refractivity contribution >= 4 is 63.0 Å². The molecule has 0 N–H and O–H groups in total. The van der Waals surface area contributed by atoms with Gasteiger partial charge in [-0.1, -0.05) is 117 Å². The van der Waals surface area contributed by atoms with Crippen molar-refractivity contribution in [2.24, 2.45) is 0 Å². The van der Waals surface area contributed by atoms with E-state index < -0.39 is 171 Å². The van der Waals surface area contributed by atoms with Crippen molar-refractivity contribution < 1.29 is 152 Å². The summed E-state index contributed by atoms with van der Waals surface area (Å²) in [5, 5.41) is -14.0. The van der Waals surface area contributed by atoms with Gasteiger partial charge in [-0.25, -0.2) is 25.3 Å². The summed E-state index contributed by atoms with van der Waals surface area (Å²) in [6.45, 7) is 19.2. The van der Waals surface area contributed by atoms with Gasteiger partial charge in [0.2, 0.25) is 0 Å². The molecule has 9 aromatic carbocycles. The number of rotatable bonds is 24. The summed E-state index contributed by atoms with van der Waals surface area (Å²) in [5.41, 5.74) is 3.86. The predicted octanol–water partition coefficient (Wildman–Crippen LogP) is 23.0. The number of hydrogen-bond donors (Lipinski definition) is 0. The van der Waals surface area contributed by atoms with Gasteiger partial charge in [0.1, 0.15) is 43.7 Å². The number of hydrogen-bond acceptors (Lipinski definition) is 18. The fourth-order valence-corrected chi connectivity index (χ4v) is 21.4. The van der Waals surface area contributed by atoms with Gasteiger partial charge in [-0.15, -0.1) is 0 Å². The van der Waals surface area contributed by atoms with Crippen LogP contribution < -0.4 is 14.2 Å². The van der Waals surface area contributed by atoms with Gasteiger partial charge < -0.3 is 56.3 Å². The molecule has 3 aliphatic rings. The Morgan fingerprint density at radius 1 is 0.304 bits per heavy atom. The van der Waals surface area contributed by atoms with Crippen LogP contribution in [0.2, 0.25) is 0 Å². The molecule has 6 unspecified atom stereocenters. The van der Waals surface area contributed by atoms with E-state index >= 15 is 0 Å². The minimum absolute atomic E-state index is 0.0348. The highest BCUT2D eigenvalue weighted by Gasteiger charge is 2.73. The van der Waals surface area contributed by atoms with E-state index in [2.05, 4.69) is 45.0 Å². The van der Waals surface area contributed by atoms with Gasteiger partial charge >= 0.3 is 45.4 Å². The molecule has 738 valence electrons. The molecule has 12 rings (SSSR count). The summed E-state index contributed by atoms with van der Waals surface area (Å²) in [5.74, 6) is -30.3. The van der Waals surface area contributed by atoms with Crippen molar-refractivity contribution in [3.8, 4) is 17.2 Å². The second-order valence-corrected chi connectivity index (χ2v) is 46.1. The van der Waals surface area contributed by atoms with Crippen molar-refractivity contribution in [2.45, 2.75) is 264 Å². The average molecular weight is 2030 g/mol. The quantitative estimate of drug-likeness (QED) is 0.0309. The van der Waals surface area contributed by atoms with Crippen LogP contribution in [0, 0.1) is 0 Å². The molecule has 6 atom stereocenters. The molecule has 0 aromatic heterocycles. The molecule has 0 radical (unpaired) electrons. The fourth-order valence-electron chi connectivity index (χ4n) is 13.7. The highest BCUT2D eigenvalue weighted by Crippen LogP contribution is 2.51. The van der Waals surface area contributed by atoms with Gasteiger partial charge in [0.15, 0.2) is 110 Å². The van der Waals surface area contributed by atoms with Crippen LogP contribution in [-0.2, 0) is 125 Å². The predicted molar refractivity (Wildman–Crippen MR) is 471 cm³/mol. The van der Waals surface area contributed by atoms with Crippen LogP contribution in [0.5, 0.6) is 17.2 Å². The summed E-state index contributed by atoms with van der Waals surface area (Å²) >= 11 is 0. The summed E-state index contributed by atoms with van der Waals surface area (Å²) in [4.78, 5) is 6.48. The van der Waals surface area contributed by atoms with Crippen LogP contribution in [0.1, 0.15) is 156 Å². The van der Waals surface area contributed by atoms with Gasteiger partial charge in [0.05, 0.1) is 45.9 Å². The molecule has 3 aliphatic heterocycles. The largest absolute Gasteiger partial charge is 0.743 e. The first kappa shape index (κ1) is 109. The highest BCUT2D eigenvalue weighted by molar-refractivity contribution is 7.97. The molecular formula is C95H102F16O18S6. The maximum absolute atomic E-state index is 14.2. The normalized spacial score (nSPS) is 19.5. The van der Waals surface area contributed by atoms with Crippen LogP contribution in [-0.4, -0.2) is 142 Å². The molecule has 18 nitrogen and oxygen atoms in total. The van der Waals surface area contributed by atoms with Crippen molar-refractivity contribution in [2.75, 3.05) is 39.6 Å². The molecule has 0 bridgehead atoms. The Kier molecular flexibility index (Phi) is 32.7. The first-order valence-electron chi connectivity index (χ1n) is 41.9. The SMILES string of the molecule is CC(Oc1cccc([S+](c2ccc(C(C)(C)C)cc2)c2ccc(C3(C)OCC(F)(F)C(F)(F)C(F)(F)CO3)cc2)c1)C(F)(F)S(=O)(=O)[O-].CC(Oc1cccc([S+](c2ccc(C(C)(C)C)cc2)c2ccc(C3(C)OCC(F)(F)C(F)(F)CO3)cc2)c1)C(F)(F)S(=O)(=O)[O-].CC(Oc1cccc([S+](c2ccc(C(C)(C)C)cc2)c2ccc(C3(C)OCCCCCO3)cc2)c1)C(F)(F)S(=O)(=O)[O-]. The molecule has 0 saturated carbocycles. The molecule has 3 heterocycles. The molecule has 0 aliphatic carbocycles. The minimum Gasteiger partial charge on any atom is -0.743 e.